The highest BCUT2D eigenvalue weighted by Gasteiger charge is 2.25. The molecule has 0 saturated carbocycles. The summed E-state index contributed by atoms with van der Waals surface area (Å²) in [6, 6.07) is 12.4. The highest BCUT2D eigenvalue weighted by Crippen LogP contribution is 2.22. The summed E-state index contributed by atoms with van der Waals surface area (Å²) in [4.78, 5) is 14.4. The quantitative estimate of drug-likeness (QED) is 0.796. The molecular formula is C19H21ClN2O4S. The average Bonchev–Trinajstić information content (AvgIpc) is 2.67. The Labute approximate surface area is 163 Å². The molecule has 0 radical (unpaired) electrons. The normalized spacial score (nSPS) is 17.6. The topological polar surface area (TPSA) is 86.7 Å². The van der Waals surface area contributed by atoms with Gasteiger partial charge in [0.25, 0.3) is 15.9 Å². The van der Waals surface area contributed by atoms with Crippen LogP contribution in [0.2, 0.25) is 5.02 Å². The second kappa shape index (κ2) is 8.29. The Balaban J connectivity index is 1.81. The van der Waals surface area contributed by atoms with Crippen molar-refractivity contribution in [1.82, 2.24) is 4.90 Å². The zero-order valence-corrected chi connectivity index (χ0v) is 16.2. The molecule has 0 spiro atoms. The van der Waals surface area contributed by atoms with Gasteiger partial charge in [0, 0.05) is 30.3 Å². The molecule has 3 rings (SSSR count). The smallest absolute Gasteiger partial charge is 0.261 e. The lowest BCUT2D eigenvalue weighted by molar-refractivity contribution is 0.0620. The van der Waals surface area contributed by atoms with E-state index in [9.17, 15) is 18.3 Å². The van der Waals surface area contributed by atoms with Gasteiger partial charge in [0.2, 0.25) is 0 Å². The number of likely N-dealkylation sites (tertiary alicyclic amines) is 1. The van der Waals surface area contributed by atoms with Crippen LogP contribution in [0.15, 0.2) is 53.4 Å². The summed E-state index contributed by atoms with van der Waals surface area (Å²) in [6.07, 6.45) is 1.71. The van der Waals surface area contributed by atoms with E-state index in [0.717, 1.165) is 12.8 Å². The van der Waals surface area contributed by atoms with E-state index in [2.05, 4.69) is 4.72 Å². The van der Waals surface area contributed by atoms with Gasteiger partial charge < -0.3 is 10.0 Å². The molecular weight excluding hydrogens is 388 g/mol. The number of halogens is 1. The monoisotopic (exact) mass is 408 g/mol. The fourth-order valence-corrected chi connectivity index (χ4v) is 4.43. The second-order valence-electron chi connectivity index (χ2n) is 6.59. The van der Waals surface area contributed by atoms with Crippen molar-refractivity contribution in [2.24, 2.45) is 5.92 Å². The molecule has 27 heavy (non-hydrogen) atoms. The number of piperidine rings is 1. The second-order valence-corrected chi connectivity index (χ2v) is 8.70. The van der Waals surface area contributed by atoms with Gasteiger partial charge in [0.1, 0.15) is 0 Å². The number of aliphatic hydroxyl groups excluding tert-OH is 1. The number of nitrogens with one attached hydrogen (secondary N) is 1. The number of rotatable bonds is 5. The van der Waals surface area contributed by atoms with Crippen molar-refractivity contribution in [3.8, 4) is 0 Å². The van der Waals surface area contributed by atoms with Gasteiger partial charge in [-0.2, -0.15) is 0 Å². The van der Waals surface area contributed by atoms with Crippen molar-refractivity contribution in [3.05, 3.63) is 59.1 Å². The molecule has 1 fully saturated rings. The van der Waals surface area contributed by atoms with Crippen LogP contribution < -0.4 is 4.72 Å². The Hall–Kier alpha value is -2.09. The van der Waals surface area contributed by atoms with E-state index in [1.165, 1.54) is 18.2 Å². The van der Waals surface area contributed by atoms with E-state index >= 15 is 0 Å². The minimum Gasteiger partial charge on any atom is -0.396 e. The Kier molecular flexibility index (Phi) is 6.04. The number of carbonyl (C=O) groups excluding carboxylic acids is 1. The predicted octanol–water partition coefficient (Wildman–Crippen LogP) is 2.99. The lowest BCUT2D eigenvalue weighted by atomic mass is 9.98. The van der Waals surface area contributed by atoms with E-state index in [1.54, 1.807) is 35.2 Å². The van der Waals surface area contributed by atoms with Gasteiger partial charge in [-0.1, -0.05) is 23.7 Å². The van der Waals surface area contributed by atoms with Crippen LogP contribution in [-0.2, 0) is 10.0 Å². The lowest BCUT2D eigenvalue weighted by Gasteiger charge is -2.32. The first kappa shape index (κ1) is 19.7. The van der Waals surface area contributed by atoms with Crippen LogP contribution in [0, 0.1) is 5.92 Å². The zero-order chi connectivity index (χ0) is 19.4. The molecule has 1 saturated heterocycles. The molecule has 1 aliphatic rings. The van der Waals surface area contributed by atoms with Gasteiger partial charge in [-0.25, -0.2) is 8.42 Å². The molecule has 1 amide bonds. The fourth-order valence-electron chi connectivity index (χ4n) is 3.14. The number of anilines is 1. The number of amides is 1. The molecule has 1 aliphatic heterocycles. The van der Waals surface area contributed by atoms with E-state index in [1.807, 2.05) is 0 Å². The van der Waals surface area contributed by atoms with Crippen LogP contribution in [0.1, 0.15) is 23.2 Å². The van der Waals surface area contributed by atoms with Crippen molar-refractivity contribution < 1.29 is 18.3 Å². The van der Waals surface area contributed by atoms with Gasteiger partial charge in [-0.3, -0.25) is 9.52 Å². The number of hydrogen-bond acceptors (Lipinski definition) is 4. The maximum atomic E-state index is 12.8. The SMILES string of the molecule is O=C(c1cccc(S(=O)(=O)Nc2cccc(Cl)c2)c1)N1CCCC(CO)C1. The third-order valence-electron chi connectivity index (χ3n) is 4.53. The van der Waals surface area contributed by atoms with Crippen LogP contribution in [-0.4, -0.2) is 44.0 Å². The zero-order valence-electron chi connectivity index (χ0n) is 14.6. The van der Waals surface area contributed by atoms with Crippen LogP contribution in [0.3, 0.4) is 0 Å². The number of hydrogen-bond donors (Lipinski definition) is 2. The van der Waals surface area contributed by atoms with E-state index in [-0.39, 0.29) is 23.3 Å². The van der Waals surface area contributed by atoms with Crippen molar-refractivity contribution in [1.29, 1.82) is 0 Å². The number of sulfonamides is 1. The third-order valence-corrected chi connectivity index (χ3v) is 6.15. The summed E-state index contributed by atoms with van der Waals surface area (Å²) in [5.74, 6) is -0.160. The van der Waals surface area contributed by atoms with Crippen LogP contribution >= 0.6 is 11.6 Å². The number of aliphatic hydroxyl groups is 1. The van der Waals surface area contributed by atoms with E-state index in [4.69, 9.17) is 11.6 Å². The average molecular weight is 409 g/mol. The molecule has 1 unspecified atom stereocenters. The molecule has 0 aromatic heterocycles. The Bertz CT molecular complexity index is 933. The molecule has 0 aliphatic carbocycles. The van der Waals surface area contributed by atoms with Gasteiger partial charge in [0.05, 0.1) is 10.6 Å². The van der Waals surface area contributed by atoms with Crippen LogP contribution in [0.25, 0.3) is 0 Å². The fraction of sp³-hybridized carbons (Fsp3) is 0.316. The first-order valence-corrected chi connectivity index (χ1v) is 10.5. The number of benzene rings is 2. The van der Waals surface area contributed by atoms with Gasteiger partial charge in [-0.05, 0) is 55.2 Å². The minimum atomic E-state index is -3.85. The maximum absolute atomic E-state index is 12.8. The molecule has 1 atom stereocenters. The molecule has 6 nitrogen and oxygen atoms in total. The van der Waals surface area contributed by atoms with Crippen molar-refractivity contribution in [2.75, 3.05) is 24.4 Å². The Morgan fingerprint density at radius 3 is 2.74 bits per heavy atom. The first-order chi connectivity index (χ1) is 12.9. The summed E-state index contributed by atoms with van der Waals surface area (Å²) < 4.78 is 27.8. The lowest BCUT2D eigenvalue weighted by Crippen LogP contribution is -2.41. The highest BCUT2D eigenvalue weighted by molar-refractivity contribution is 7.92. The first-order valence-electron chi connectivity index (χ1n) is 8.67. The van der Waals surface area contributed by atoms with Crippen LogP contribution in [0.4, 0.5) is 5.69 Å². The Morgan fingerprint density at radius 2 is 2.00 bits per heavy atom. The summed E-state index contributed by atoms with van der Waals surface area (Å²) in [6.45, 7) is 1.13. The summed E-state index contributed by atoms with van der Waals surface area (Å²) in [5, 5.41) is 9.76. The number of carbonyl (C=O) groups is 1. The molecule has 2 aromatic rings. The van der Waals surface area contributed by atoms with Gasteiger partial charge in [0.15, 0.2) is 0 Å². The molecule has 2 N–H and O–H groups in total. The molecule has 144 valence electrons. The van der Waals surface area contributed by atoms with Crippen molar-refractivity contribution in [2.45, 2.75) is 17.7 Å². The number of nitrogens with zero attached hydrogens (tertiary/aromatic N) is 1. The van der Waals surface area contributed by atoms with E-state index in [0.29, 0.717) is 29.4 Å². The highest BCUT2D eigenvalue weighted by atomic mass is 35.5. The third kappa shape index (κ3) is 4.80. The minimum absolute atomic E-state index is 0.00374. The van der Waals surface area contributed by atoms with Crippen molar-refractivity contribution >= 4 is 33.2 Å². The van der Waals surface area contributed by atoms with Crippen LogP contribution in [0.5, 0.6) is 0 Å². The molecule has 1 heterocycles. The maximum Gasteiger partial charge on any atom is 0.261 e. The standard InChI is InChI=1S/C19H21ClN2O4S/c20-16-6-2-7-17(11-16)21-27(25,26)18-8-1-5-15(10-18)19(24)22-9-3-4-14(12-22)13-23/h1-2,5-8,10-11,14,21,23H,3-4,9,12-13H2. The summed E-state index contributed by atoms with van der Waals surface area (Å²) in [7, 11) is -3.85. The Morgan fingerprint density at radius 1 is 1.22 bits per heavy atom. The van der Waals surface area contributed by atoms with E-state index < -0.39 is 10.0 Å². The molecule has 0 bridgehead atoms. The predicted molar refractivity (Wildman–Crippen MR) is 104 cm³/mol. The molecule has 8 heteroatoms. The summed E-state index contributed by atoms with van der Waals surface area (Å²) in [5.41, 5.74) is 0.656. The van der Waals surface area contributed by atoms with Gasteiger partial charge >= 0.3 is 0 Å². The van der Waals surface area contributed by atoms with Crippen molar-refractivity contribution in [3.63, 3.8) is 0 Å². The largest absolute Gasteiger partial charge is 0.396 e. The molecule has 2 aromatic carbocycles. The summed E-state index contributed by atoms with van der Waals surface area (Å²) >= 11 is 5.89. The van der Waals surface area contributed by atoms with Gasteiger partial charge in [-0.15, -0.1) is 0 Å².